The molecule has 1 aromatic rings. The molecule has 0 atom stereocenters. The quantitative estimate of drug-likeness (QED) is 0.575. The van der Waals surface area contributed by atoms with Crippen LogP contribution >= 0.6 is 0 Å². The summed E-state index contributed by atoms with van der Waals surface area (Å²) in [5.41, 5.74) is 4.55. The lowest BCUT2D eigenvalue weighted by Gasteiger charge is -2.29. The summed E-state index contributed by atoms with van der Waals surface area (Å²) >= 11 is 0. The van der Waals surface area contributed by atoms with Gasteiger partial charge in [0.1, 0.15) is 0 Å². The van der Waals surface area contributed by atoms with Crippen LogP contribution in [-0.2, 0) is 0 Å². The molecule has 21 heavy (non-hydrogen) atoms. The Morgan fingerprint density at radius 3 is 2.71 bits per heavy atom. The molecule has 0 bridgehead atoms. The smallest absolute Gasteiger partial charge is 0.255 e. The first-order chi connectivity index (χ1) is 10.1. The molecule has 1 aliphatic rings. The Kier molecular flexibility index (Phi) is 5.56. The molecule has 1 saturated carbocycles. The molecule has 0 unspecified atom stereocenters. The maximum Gasteiger partial charge on any atom is 0.255 e. The Balaban J connectivity index is 1.93. The summed E-state index contributed by atoms with van der Waals surface area (Å²) in [6.45, 7) is 4.11. The van der Waals surface area contributed by atoms with Crippen LogP contribution in [0.5, 0.6) is 0 Å². The van der Waals surface area contributed by atoms with Gasteiger partial charge in [-0.1, -0.05) is 19.8 Å². The number of anilines is 1. The molecule has 0 aliphatic heterocycles. The first kappa shape index (κ1) is 15.8. The molecular weight excluding hydrogens is 264 g/mol. The number of hydrogen-bond acceptors (Lipinski definition) is 4. The fourth-order valence-electron chi connectivity index (χ4n) is 3.13. The normalized spacial score (nSPS) is 21.9. The van der Waals surface area contributed by atoms with Crippen molar-refractivity contribution in [2.45, 2.75) is 58.4 Å². The number of aromatic nitrogens is 1. The molecule has 1 heterocycles. The molecule has 0 saturated heterocycles. The van der Waals surface area contributed by atoms with Gasteiger partial charge < -0.3 is 10.7 Å². The molecular formula is C16H26N4O. The molecule has 4 N–H and O–H groups in total. The van der Waals surface area contributed by atoms with Gasteiger partial charge in [-0.05, 0) is 44.6 Å². The van der Waals surface area contributed by atoms with Crippen molar-refractivity contribution in [3.05, 3.63) is 23.5 Å². The number of pyridine rings is 1. The third kappa shape index (κ3) is 4.17. The van der Waals surface area contributed by atoms with Crippen LogP contribution in [0.1, 0.15) is 61.5 Å². The number of carbonyl (C=O) groups excluding carboxylic acids is 1. The van der Waals surface area contributed by atoms with Crippen LogP contribution in [0.3, 0.4) is 0 Å². The van der Waals surface area contributed by atoms with Crippen molar-refractivity contribution >= 4 is 11.6 Å². The van der Waals surface area contributed by atoms with Crippen LogP contribution in [0.4, 0.5) is 5.69 Å². The van der Waals surface area contributed by atoms with Gasteiger partial charge in [-0.2, -0.15) is 0 Å². The standard InChI is InChI=1S/C16H26N4O/c1-3-4-12-5-7-13(8-6-12)19-16(21)14-10-18-11(2)9-15(14)20-17/h9-10,12-13H,3-8,17H2,1-2H3,(H,18,20)(H,19,21). The minimum Gasteiger partial charge on any atom is -0.349 e. The highest BCUT2D eigenvalue weighted by Crippen LogP contribution is 2.28. The highest BCUT2D eigenvalue weighted by Gasteiger charge is 2.23. The Labute approximate surface area is 126 Å². The number of nitrogens with two attached hydrogens (primary N) is 1. The monoisotopic (exact) mass is 290 g/mol. The summed E-state index contributed by atoms with van der Waals surface area (Å²) in [4.78, 5) is 16.5. The third-order valence-corrected chi connectivity index (χ3v) is 4.32. The second kappa shape index (κ2) is 7.41. The molecule has 0 aromatic carbocycles. The number of nitrogens with zero attached hydrogens (tertiary/aromatic N) is 1. The number of rotatable bonds is 5. The number of carbonyl (C=O) groups is 1. The molecule has 1 aromatic heterocycles. The fraction of sp³-hybridized carbons (Fsp3) is 0.625. The molecule has 1 fully saturated rings. The molecule has 5 nitrogen and oxygen atoms in total. The lowest BCUT2D eigenvalue weighted by atomic mass is 9.83. The number of aryl methyl sites for hydroxylation is 1. The zero-order valence-corrected chi connectivity index (χ0v) is 13.0. The van der Waals surface area contributed by atoms with E-state index < -0.39 is 0 Å². The van der Waals surface area contributed by atoms with Gasteiger partial charge >= 0.3 is 0 Å². The van der Waals surface area contributed by atoms with Crippen LogP contribution < -0.4 is 16.6 Å². The molecule has 5 heteroatoms. The Hall–Kier alpha value is -1.62. The largest absolute Gasteiger partial charge is 0.349 e. The maximum absolute atomic E-state index is 12.4. The summed E-state index contributed by atoms with van der Waals surface area (Å²) in [7, 11) is 0. The van der Waals surface area contributed by atoms with Gasteiger partial charge in [0, 0.05) is 17.9 Å². The minimum atomic E-state index is -0.0885. The van der Waals surface area contributed by atoms with Crippen molar-refractivity contribution in [1.29, 1.82) is 0 Å². The van der Waals surface area contributed by atoms with Gasteiger partial charge in [-0.15, -0.1) is 0 Å². The molecule has 1 aliphatic carbocycles. The van der Waals surface area contributed by atoms with Crippen molar-refractivity contribution in [1.82, 2.24) is 10.3 Å². The number of hydrazine groups is 1. The topological polar surface area (TPSA) is 80.0 Å². The Morgan fingerprint density at radius 2 is 2.10 bits per heavy atom. The van der Waals surface area contributed by atoms with E-state index in [2.05, 4.69) is 22.7 Å². The number of hydrogen-bond donors (Lipinski definition) is 3. The van der Waals surface area contributed by atoms with Crippen LogP contribution in [0, 0.1) is 12.8 Å². The van der Waals surface area contributed by atoms with E-state index in [0.29, 0.717) is 11.3 Å². The lowest BCUT2D eigenvalue weighted by Crippen LogP contribution is -2.38. The van der Waals surface area contributed by atoms with E-state index in [1.165, 1.54) is 25.7 Å². The average molecular weight is 290 g/mol. The van der Waals surface area contributed by atoms with E-state index in [9.17, 15) is 4.79 Å². The fourth-order valence-corrected chi connectivity index (χ4v) is 3.13. The average Bonchev–Trinajstić information content (AvgIpc) is 2.49. The van der Waals surface area contributed by atoms with Crippen molar-refractivity contribution in [2.24, 2.45) is 11.8 Å². The Morgan fingerprint density at radius 1 is 1.38 bits per heavy atom. The first-order valence-electron chi connectivity index (χ1n) is 7.88. The Bertz CT molecular complexity index is 481. The zero-order valence-electron chi connectivity index (χ0n) is 13.0. The predicted octanol–water partition coefficient (Wildman–Crippen LogP) is 2.76. The predicted molar refractivity (Wildman–Crippen MR) is 84.9 cm³/mol. The van der Waals surface area contributed by atoms with Gasteiger partial charge in [0.2, 0.25) is 0 Å². The molecule has 116 valence electrons. The van der Waals surface area contributed by atoms with Gasteiger partial charge in [0.15, 0.2) is 0 Å². The zero-order chi connectivity index (χ0) is 15.2. The first-order valence-corrected chi connectivity index (χ1v) is 7.88. The van der Waals surface area contributed by atoms with Crippen molar-refractivity contribution < 1.29 is 4.79 Å². The van der Waals surface area contributed by atoms with E-state index >= 15 is 0 Å². The van der Waals surface area contributed by atoms with Gasteiger partial charge in [-0.25, -0.2) is 0 Å². The van der Waals surface area contributed by atoms with Crippen molar-refractivity contribution in [2.75, 3.05) is 5.43 Å². The molecule has 2 rings (SSSR count). The second-order valence-corrected chi connectivity index (χ2v) is 6.00. The van der Waals surface area contributed by atoms with Crippen molar-refractivity contribution in [3.63, 3.8) is 0 Å². The maximum atomic E-state index is 12.4. The summed E-state index contributed by atoms with van der Waals surface area (Å²) in [5, 5.41) is 3.12. The number of amides is 1. The molecule has 1 amide bonds. The van der Waals surface area contributed by atoms with Crippen LogP contribution in [0.2, 0.25) is 0 Å². The van der Waals surface area contributed by atoms with E-state index in [4.69, 9.17) is 5.84 Å². The van der Waals surface area contributed by atoms with Gasteiger partial charge in [-0.3, -0.25) is 15.6 Å². The van der Waals surface area contributed by atoms with Gasteiger partial charge in [0.25, 0.3) is 5.91 Å². The van der Waals surface area contributed by atoms with E-state index in [1.807, 2.05) is 6.92 Å². The SMILES string of the molecule is CCCC1CCC(NC(=O)c2cnc(C)cc2NN)CC1. The molecule has 0 radical (unpaired) electrons. The summed E-state index contributed by atoms with van der Waals surface area (Å²) in [5.74, 6) is 6.23. The minimum absolute atomic E-state index is 0.0885. The highest BCUT2D eigenvalue weighted by molar-refractivity contribution is 5.99. The van der Waals surface area contributed by atoms with Crippen LogP contribution in [0.15, 0.2) is 12.3 Å². The second-order valence-electron chi connectivity index (χ2n) is 6.00. The van der Waals surface area contributed by atoms with Crippen LogP contribution in [0.25, 0.3) is 0 Å². The summed E-state index contributed by atoms with van der Waals surface area (Å²) in [6, 6.07) is 2.06. The summed E-state index contributed by atoms with van der Waals surface area (Å²) < 4.78 is 0. The van der Waals surface area contributed by atoms with Crippen molar-refractivity contribution in [3.8, 4) is 0 Å². The van der Waals surface area contributed by atoms with Gasteiger partial charge in [0.05, 0.1) is 11.3 Å². The molecule has 0 spiro atoms. The van der Waals surface area contributed by atoms with E-state index in [0.717, 1.165) is 24.5 Å². The van der Waals surface area contributed by atoms with E-state index in [1.54, 1.807) is 12.3 Å². The number of nitrogen functional groups attached to an aromatic ring is 1. The highest BCUT2D eigenvalue weighted by atomic mass is 16.1. The van der Waals surface area contributed by atoms with E-state index in [-0.39, 0.29) is 11.9 Å². The summed E-state index contributed by atoms with van der Waals surface area (Å²) in [6.07, 6.45) is 8.72. The van der Waals surface area contributed by atoms with Crippen LogP contribution in [-0.4, -0.2) is 16.9 Å². The third-order valence-electron chi connectivity index (χ3n) is 4.32. The number of nitrogens with one attached hydrogen (secondary N) is 2. The lowest BCUT2D eigenvalue weighted by molar-refractivity contribution is 0.0921.